The van der Waals surface area contributed by atoms with Crippen molar-refractivity contribution < 1.29 is 14.7 Å². The van der Waals surface area contributed by atoms with Crippen molar-refractivity contribution in [3.05, 3.63) is 22.4 Å². The van der Waals surface area contributed by atoms with E-state index in [4.69, 9.17) is 5.11 Å². The number of carboxylic acids is 1. The first-order valence-electron chi connectivity index (χ1n) is 6.63. The summed E-state index contributed by atoms with van der Waals surface area (Å²) in [5.41, 5.74) is 1.12. The molecule has 1 atom stereocenters. The molecule has 5 heteroatoms. The lowest BCUT2D eigenvalue weighted by Gasteiger charge is -2.26. The van der Waals surface area contributed by atoms with Crippen molar-refractivity contribution in [2.75, 3.05) is 0 Å². The van der Waals surface area contributed by atoms with E-state index in [1.54, 1.807) is 11.3 Å². The van der Waals surface area contributed by atoms with E-state index < -0.39 is 5.97 Å². The number of hydrogen-bond acceptors (Lipinski definition) is 3. The van der Waals surface area contributed by atoms with Gasteiger partial charge in [0, 0.05) is 5.92 Å². The van der Waals surface area contributed by atoms with Crippen LogP contribution in [0.4, 0.5) is 0 Å². The fourth-order valence-electron chi connectivity index (χ4n) is 2.54. The quantitative estimate of drug-likeness (QED) is 0.891. The second-order valence-corrected chi connectivity index (χ2v) is 5.95. The zero-order valence-electron chi connectivity index (χ0n) is 11.0. The summed E-state index contributed by atoms with van der Waals surface area (Å²) in [6, 6.07) is 2.03. The first-order valence-corrected chi connectivity index (χ1v) is 7.57. The highest BCUT2D eigenvalue weighted by molar-refractivity contribution is 7.07. The van der Waals surface area contributed by atoms with Gasteiger partial charge in [-0.1, -0.05) is 0 Å². The molecule has 19 heavy (non-hydrogen) atoms. The van der Waals surface area contributed by atoms with E-state index in [1.807, 2.05) is 23.8 Å². The van der Waals surface area contributed by atoms with Gasteiger partial charge in [-0.15, -0.1) is 0 Å². The normalized spacial score (nSPS) is 24.7. The number of nitrogens with one attached hydrogen (secondary N) is 1. The molecule has 2 N–H and O–H groups in total. The van der Waals surface area contributed by atoms with Gasteiger partial charge in [0.15, 0.2) is 0 Å². The molecule has 1 unspecified atom stereocenters. The van der Waals surface area contributed by atoms with Crippen LogP contribution in [-0.2, 0) is 9.59 Å². The minimum Gasteiger partial charge on any atom is -0.481 e. The van der Waals surface area contributed by atoms with E-state index in [0.717, 1.165) is 5.56 Å². The molecule has 104 valence electrons. The third kappa shape index (κ3) is 3.56. The molecule has 0 radical (unpaired) electrons. The SMILES string of the molecule is CC(NC(=O)C1CCC(C(=O)O)CC1)c1ccsc1. The molecule has 1 aromatic heterocycles. The lowest BCUT2D eigenvalue weighted by Crippen LogP contribution is -2.35. The van der Waals surface area contributed by atoms with Gasteiger partial charge < -0.3 is 10.4 Å². The van der Waals surface area contributed by atoms with Gasteiger partial charge in [-0.25, -0.2) is 0 Å². The third-order valence-electron chi connectivity index (χ3n) is 3.85. The van der Waals surface area contributed by atoms with Crippen molar-refractivity contribution in [1.29, 1.82) is 0 Å². The predicted molar refractivity (Wildman–Crippen MR) is 74.0 cm³/mol. The number of aliphatic carboxylic acids is 1. The summed E-state index contributed by atoms with van der Waals surface area (Å²) in [6.07, 6.45) is 2.58. The topological polar surface area (TPSA) is 66.4 Å². The van der Waals surface area contributed by atoms with Crippen LogP contribution in [0, 0.1) is 11.8 Å². The Hall–Kier alpha value is -1.36. The van der Waals surface area contributed by atoms with Crippen LogP contribution < -0.4 is 5.32 Å². The van der Waals surface area contributed by atoms with Crippen LogP contribution in [0.2, 0.25) is 0 Å². The van der Waals surface area contributed by atoms with Gasteiger partial charge in [-0.05, 0) is 55.0 Å². The maximum atomic E-state index is 12.1. The van der Waals surface area contributed by atoms with E-state index in [-0.39, 0.29) is 23.8 Å². The number of hydrogen-bond donors (Lipinski definition) is 2. The first-order chi connectivity index (χ1) is 9.08. The fourth-order valence-corrected chi connectivity index (χ4v) is 3.29. The van der Waals surface area contributed by atoms with Crippen LogP contribution in [0.3, 0.4) is 0 Å². The summed E-state index contributed by atoms with van der Waals surface area (Å²) in [7, 11) is 0. The van der Waals surface area contributed by atoms with Gasteiger partial charge in [0.2, 0.25) is 5.91 Å². The molecule has 1 aromatic rings. The summed E-state index contributed by atoms with van der Waals surface area (Å²) in [4.78, 5) is 23.0. The van der Waals surface area contributed by atoms with Crippen LogP contribution in [0.1, 0.15) is 44.2 Å². The lowest BCUT2D eigenvalue weighted by molar-refractivity contribution is -0.144. The summed E-state index contributed by atoms with van der Waals surface area (Å²) in [5.74, 6) is -0.969. The molecule has 0 bridgehead atoms. The van der Waals surface area contributed by atoms with E-state index >= 15 is 0 Å². The lowest BCUT2D eigenvalue weighted by atomic mass is 9.81. The van der Waals surface area contributed by atoms with Crippen molar-refractivity contribution >= 4 is 23.2 Å². The molecule has 0 spiro atoms. The second-order valence-electron chi connectivity index (χ2n) is 5.17. The molecule has 1 aliphatic carbocycles. The van der Waals surface area contributed by atoms with Gasteiger partial charge in [0.05, 0.1) is 12.0 Å². The molecular formula is C14H19NO3S. The first kappa shape index (κ1) is 14.1. The zero-order valence-corrected chi connectivity index (χ0v) is 11.8. The number of amides is 1. The van der Waals surface area contributed by atoms with Crippen molar-refractivity contribution in [2.24, 2.45) is 11.8 Å². The molecule has 0 saturated heterocycles. The van der Waals surface area contributed by atoms with Crippen LogP contribution in [0.15, 0.2) is 16.8 Å². The van der Waals surface area contributed by atoms with Gasteiger partial charge in [0.25, 0.3) is 0 Å². The molecular weight excluding hydrogens is 262 g/mol. The Labute approximate surface area is 116 Å². The van der Waals surface area contributed by atoms with Crippen molar-refractivity contribution in [1.82, 2.24) is 5.32 Å². The third-order valence-corrected chi connectivity index (χ3v) is 4.55. The Morgan fingerprint density at radius 2 is 1.95 bits per heavy atom. The molecule has 1 heterocycles. The van der Waals surface area contributed by atoms with Crippen LogP contribution in [-0.4, -0.2) is 17.0 Å². The van der Waals surface area contributed by atoms with E-state index in [9.17, 15) is 9.59 Å². The molecule has 4 nitrogen and oxygen atoms in total. The number of carboxylic acid groups (broad SMARTS) is 1. The Kier molecular flexibility index (Phi) is 4.58. The van der Waals surface area contributed by atoms with Crippen LogP contribution >= 0.6 is 11.3 Å². The highest BCUT2D eigenvalue weighted by Crippen LogP contribution is 2.29. The van der Waals surface area contributed by atoms with Crippen molar-refractivity contribution in [3.8, 4) is 0 Å². The predicted octanol–water partition coefficient (Wildman–Crippen LogP) is 2.82. The smallest absolute Gasteiger partial charge is 0.306 e. The van der Waals surface area contributed by atoms with Gasteiger partial charge in [-0.2, -0.15) is 11.3 Å². The summed E-state index contributed by atoms with van der Waals surface area (Å²) in [5, 5.41) is 16.0. The highest BCUT2D eigenvalue weighted by Gasteiger charge is 2.30. The largest absolute Gasteiger partial charge is 0.481 e. The molecule has 0 aromatic carbocycles. The summed E-state index contributed by atoms with van der Waals surface area (Å²) >= 11 is 1.62. The minimum atomic E-state index is -0.731. The maximum Gasteiger partial charge on any atom is 0.306 e. The minimum absolute atomic E-state index is 0.0240. The molecule has 0 aliphatic heterocycles. The summed E-state index contributed by atoms with van der Waals surface area (Å²) < 4.78 is 0. The molecule has 1 amide bonds. The van der Waals surface area contributed by atoms with Crippen LogP contribution in [0.25, 0.3) is 0 Å². The maximum absolute atomic E-state index is 12.1. The average molecular weight is 281 g/mol. The molecule has 1 fully saturated rings. The van der Waals surface area contributed by atoms with E-state index in [1.165, 1.54) is 0 Å². The number of rotatable bonds is 4. The average Bonchev–Trinajstić information content (AvgIpc) is 2.92. The Balaban J connectivity index is 1.83. The number of carbonyl (C=O) groups excluding carboxylic acids is 1. The Morgan fingerprint density at radius 1 is 1.32 bits per heavy atom. The Bertz CT molecular complexity index is 436. The monoisotopic (exact) mass is 281 g/mol. The highest BCUT2D eigenvalue weighted by atomic mass is 32.1. The molecule has 1 aliphatic rings. The van der Waals surface area contributed by atoms with E-state index in [2.05, 4.69) is 5.32 Å². The summed E-state index contributed by atoms with van der Waals surface area (Å²) in [6.45, 7) is 1.98. The molecule has 1 saturated carbocycles. The van der Waals surface area contributed by atoms with Crippen molar-refractivity contribution in [3.63, 3.8) is 0 Å². The second kappa shape index (κ2) is 6.19. The van der Waals surface area contributed by atoms with Crippen molar-refractivity contribution in [2.45, 2.75) is 38.6 Å². The van der Waals surface area contributed by atoms with Crippen LogP contribution in [0.5, 0.6) is 0 Å². The van der Waals surface area contributed by atoms with Gasteiger partial charge in [0.1, 0.15) is 0 Å². The van der Waals surface area contributed by atoms with E-state index in [0.29, 0.717) is 25.7 Å². The zero-order chi connectivity index (χ0) is 13.8. The fraction of sp³-hybridized carbons (Fsp3) is 0.571. The van der Waals surface area contributed by atoms with Gasteiger partial charge in [-0.3, -0.25) is 9.59 Å². The number of thiophene rings is 1. The standard InChI is InChI=1S/C14H19NO3S/c1-9(12-6-7-19-8-12)15-13(16)10-2-4-11(5-3-10)14(17)18/h6-11H,2-5H2,1H3,(H,15,16)(H,17,18). The molecule has 2 rings (SSSR count). The number of carbonyl (C=O) groups is 2. The Morgan fingerprint density at radius 3 is 2.47 bits per heavy atom. The van der Waals surface area contributed by atoms with Gasteiger partial charge >= 0.3 is 5.97 Å².